The first-order valence-electron chi connectivity index (χ1n) is 11.0. The van der Waals surface area contributed by atoms with Crippen LogP contribution >= 0.6 is 28.4 Å². The quantitative estimate of drug-likeness (QED) is 0.154. The molecule has 0 saturated heterocycles. The molecule has 0 aliphatic rings. The minimum Gasteiger partial charge on any atom is -0.494 e. The molecule has 0 radical (unpaired) electrons. The Labute approximate surface area is 225 Å². The number of pyridine rings is 1. The summed E-state index contributed by atoms with van der Waals surface area (Å²) in [5.74, 6) is 1.06. The first-order valence-corrected chi connectivity index (χ1v) is 15.0. The molecular formula is C23H21F2IN9OP. The maximum absolute atomic E-state index is 13.9. The van der Waals surface area contributed by atoms with Crippen molar-refractivity contribution in [3.8, 4) is 17.0 Å². The van der Waals surface area contributed by atoms with Gasteiger partial charge in [0.15, 0.2) is 23.0 Å². The molecule has 0 aliphatic heterocycles. The molecule has 0 amide bonds. The van der Waals surface area contributed by atoms with Crippen molar-refractivity contribution in [2.45, 2.75) is 13.3 Å². The number of anilines is 4. The van der Waals surface area contributed by atoms with Gasteiger partial charge in [-0.2, -0.15) is 10.2 Å². The number of rotatable bonds is 8. The van der Waals surface area contributed by atoms with Gasteiger partial charge in [0.1, 0.15) is 11.3 Å². The Morgan fingerprint density at radius 2 is 1.86 bits per heavy atom. The van der Waals surface area contributed by atoms with Gasteiger partial charge in [-0.15, -0.1) is 5.10 Å². The average Bonchev–Trinajstić information content (AvgIpc) is 3.49. The number of fused-ring (bicyclic) bond motifs is 1. The standard InChI is InChI=1S/C23H21F2IN9OP/c1-12-7-8-17(32-31-12)28-18-11-16(19-22(29-18)35(37-26)23(30-19)21(24)25)27-15-6-4-5-13(20(15)36-3)14-9-10-34(2)33-14/h4-11,21,37H,1-3H3,(H2,27,28,29,32). The van der Waals surface area contributed by atoms with Crippen molar-refractivity contribution in [3.63, 3.8) is 0 Å². The van der Waals surface area contributed by atoms with Gasteiger partial charge in [0.25, 0.3) is 6.43 Å². The predicted octanol–water partition coefficient (Wildman–Crippen LogP) is 6.16. The van der Waals surface area contributed by atoms with Crippen LogP contribution in [-0.2, 0) is 7.05 Å². The fourth-order valence-electron chi connectivity index (χ4n) is 3.81. The molecule has 4 aromatic heterocycles. The molecule has 0 saturated carbocycles. The van der Waals surface area contributed by atoms with E-state index >= 15 is 0 Å². The Balaban J connectivity index is 1.64. The molecule has 1 unspecified atom stereocenters. The smallest absolute Gasteiger partial charge is 0.295 e. The molecule has 0 aliphatic carbocycles. The van der Waals surface area contributed by atoms with Crippen LogP contribution in [-0.4, -0.2) is 41.4 Å². The van der Waals surface area contributed by atoms with Gasteiger partial charge >= 0.3 is 0 Å². The normalized spacial score (nSPS) is 11.6. The third-order valence-corrected chi connectivity index (χ3v) is 7.51. The van der Waals surface area contributed by atoms with Crippen molar-refractivity contribution in [1.29, 1.82) is 0 Å². The summed E-state index contributed by atoms with van der Waals surface area (Å²) < 4.78 is 36.6. The first kappa shape index (κ1) is 25.2. The van der Waals surface area contributed by atoms with Crippen LogP contribution < -0.4 is 15.4 Å². The fraction of sp³-hybridized carbons (Fsp3) is 0.174. The lowest BCUT2D eigenvalue weighted by molar-refractivity contribution is 0.140. The highest BCUT2D eigenvalue weighted by Crippen LogP contribution is 2.41. The number of alkyl halides is 2. The predicted molar refractivity (Wildman–Crippen MR) is 149 cm³/mol. The Bertz CT molecular complexity index is 1570. The van der Waals surface area contributed by atoms with Crippen LogP contribution in [0.25, 0.3) is 22.4 Å². The second-order valence-electron chi connectivity index (χ2n) is 7.99. The molecule has 5 aromatic rings. The van der Waals surface area contributed by atoms with Gasteiger partial charge in [-0.25, -0.2) is 18.7 Å². The van der Waals surface area contributed by atoms with Crippen LogP contribution in [0.3, 0.4) is 0 Å². The van der Waals surface area contributed by atoms with Crippen molar-refractivity contribution < 1.29 is 13.5 Å². The van der Waals surface area contributed by atoms with Gasteiger partial charge in [0.2, 0.25) is 0 Å². The Hall–Kier alpha value is -3.45. The monoisotopic (exact) mass is 635 g/mol. The maximum Gasteiger partial charge on any atom is 0.295 e. The van der Waals surface area contributed by atoms with Gasteiger partial charge in [-0.1, -0.05) is 6.07 Å². The number of benzene rings is 1. The van der Waals surface area contributed by atoms with E-state index in [1.54, 1.807) is 23.9 Å². The molecule has 10 nitrogen and oxygen atoms in total. The van der Waals surface area contributed by atoms with E-state index in [2.05, 4.69) is 35.9 Å². The molecular weight excluding hydrogens is 614 g/mol. The number of imidazole rings is 1. The van der Waals surface area contributed by atoms with Gasteiger partial charge in [-0.3, -0.25) is 9.02 Å². The van der Waals surface area contributed by atoms with Gasteiger partial charge in [0, 0.05) is 24.9 Å². The van der Waals surface area contributed by atoms with E-state index in [0.717, 1.165) is 17.0 Å². The second kappa shape index (κ2) is 10.5. The third-order valence-electron chi connectivity index (χ3n) is 5.45. The fourth-order valence-corrected chi connectivity index (χ4v) is 5.71. The van der Waals surface area contributed by atoms with Gasteiger partial charge in [0.05, 0.1) is 36.2 Å². The summed E-state index contributed by atoms with van der Waals surface area (Å²) in [6.07, 6.45) is -0.946. The minimum atomic E-state index is -2.76. The Morgan fingerprint density at radius 1 is 1.03 bits per heavy atom. The summed E-state index contributed by atoms with van der Waals surface area (Å²) >= 11 is 2.04. The molecule has 1 aromatic carbocycles. The number of aryl methyl sites for hydroxylation is 2. The number of hydrogen-bond donors (Lipinski definition) is 2. The highest BCUT2D eigenvalue weighted by Gasteiger charge is 2.23. The van der Waals surface area contributed by atoms with E-state index in [4.69, 9.17) is 4.74 Å². The summed E-state index contributed by atoms with van der Waals surface area (Å²) in [5, 5.41) is 19.1. The van der Waals surface area contributed by atoms with Crippen molar-refractivity contribution in [2.75, 3.05) is 17.7 Å². The Morgan fingerprint density at radius 3 is 2.51 bits per heavy atom. The highest BCUT2D eigenvalue weighted by atomic mass is 127. The maximum atomic E-state index is 13.9. The molecule has 14 heteroatoms. The van der Waals surface area contributed by atoms with Crippen LogP contribution in [0, 0.1) is 6.92 Å². The number of ether oxygens (including phenoxy) is 1. The van der Waals surface area contributed by atoms with E-state index in [1.807, 2.05) is 72.5 Å². The highest BCUT2D eigenvalue weighted by molar-refractivity contribution is 14.2. The van der Waals surface area contributed by atoms with Crippen molar-refractivity contribution in [3.05, 3.63) is 60.2 Å². The summed E-state index contributed by atoms with van der Waals surface area (Å²) in [6, 6.07) is 12.8. The van der Waals surface area contributed by atoms with E-state index in [1.165, 1.54) is 4.34 Å². The van der Waals surface area contributed by atoms with E-state index in [-0.39, 0.29) is 12.2 Å². The topological polar surface area (TPSA) is 108 Å². The zero-order chi connectivity index (χ0) is 26.1. The lowest BCUT2D eigenvalue weighted by atomic mass is 10.1. The van der Waals surface area contributed by atoms with Gasteiger partial charge in [-0.05, 0) is 59.3 Å². The van der Waals surface area contributed by atoms with Crippen molar-refractivity contribution in [2.24, 2.45) is 7.05 Å². The van der Waals surface area contributed by atoms with Crippen LogP contribution in [0.15, 0.2) is 48.7 Å². The van der Waals surface area contributed by atoms with Crippen molar-refractivity contribution >= 4 is 62.6 Å². The Kier molecular flexibility index (Phi) is 7.15. The van der Waals surface area contributed by atoms with Crippen LogP contribution in [0.4, 0.5) is 31.8 Å². The SMILES string of the molecule is COc1c(Nc2cc(Nc3ccc(C)nn3)nc3c2nc(C(F)F)n3PI)cccc1-c1ccn(C)n1. The zero-order valence-electron chi connectivity index (χ0n) is 19.9. The average molecular weight is 635 g/mol. The van der Waals surface area contributed by atoms with Crippen LogP contribution in [0.5, 0.6) is 5.75 Å². The number of halogens is 3. The molecule has 37 heavy (non-hydrogen) atoms. The number of nitrogens with one attached hydrogen (secondary N) is 2. The van der Waals surface area contributed by atoms with Crippen molar-refractivity contribution in [1.82, 2.24) is 34.3 Å². The summed E-state index contributed by atoms with van der Waals surface area (Å²) in [4.78, 5) is 8.84. The zero-order valence-corrected chi connectivity index (χ0v) is 23.0. The van der Waals surface area contributed by atoms with Gasteiger partial charge < -0.3 is 15.4 Å². The number of para-hydroxylation sites is 1. The molecule has 2 N–H and O–H groups in total. The molecule has 1 atom stereocenters. The molecule has 0 spiro atoms. The largest absolute Gasteiger partial charge is 0.494 e. The molecule has 5 rings (SSSR count). The molecule has 0 bridgehead atoms. The third kappa shape index (κ3) is 5.05. The first-order chi connectivity index (χ1) is 17.9. The number of aromatic nitrogens is 7. The number of methoxy groups -OCH3 is 1. The molecule has 190 valence electrons. The minimum absolute atomic E-state index is 0.0312. The molecule has 0 fully saturated rings. The second-order valence-corrected chi connectivity index (χ2v) is 10.1. The van der Waals surface area contributed by atoms with E-state index in [0.29, 0.717) is 39.9 Å². The summed E-state index contributed by atoms with van der Waals surface area (Å²) in [7, 11) is 3.41. The lowest BCUT2D eigenvalue weighted by Crippen LogP contribution is -2.02. The van der Waals surface area contributed by atoms with Crippen LogP contribution in [0.1, 0.15) is 17.9 Å². The number of nitrogens with zero attached hydrogens (tertiary/aromatic N) is 7. The lowest BCUT2D eigenvalue weighted by Gasteiger charge is -2.15. The number of hydrogen-bond acceptors (Lipinski definition) is 8. The van der Waals surface area contributed by atoms with E-state index in [9.17, 15) is 8.78 Å². The van der Waals surface area contributed by atoms with Crippen LogP contribution in [0.2, 0.25) is 0 Å². The van der Waals surface area contributed by atoms with E-state index < -0.39 is 6.43 Å². The summed E-state index contributed by atoms with van der Waals surface area (Å²) in [5.41, 5.74) is 3.99. The molecule has 4 heterocycles. The summed E-state index contributed by atoms with van der Waals surface area (Å²) in [6.45, 7) is 1.83.